The van der Waals surface area contributed by atoms with Gasteiger partial charge in [0.05, 0.1) is 24.8 Å². The number of rotatable bonds is 6. The Morgan fingerprint density at radius 1 is 1.45 bits per heavy atom. The third kappa shape index (κ3) is 4.51. The summed E-state index contributed by atoms with van der Waals surface area (Å²) in [6.45, 7) is 9.23. The van der Waals surface area contributed by atoms with Crippen molar-refractivity contribution in [3.8, 4) is 0 Å². The van der Waals surface area contributed by atoms with Crippen molar-refractivity contribution in [3.05, 3.63) is 15.6 Å². The number of ether oxygens (including phenoxy) is 1. The van der Waals surface area contributed by atoms with E-state index in [9.17, 15) is 4.79 Å². The molecule has 1 aliphatic rings. The lowest BCUT2D eigenvalue weighted by atomic mass is 9.92. The van der Waals surface area contributed by atoms with Crippen molar-refractivity contribution in [2.45, 2.75) is 46.2 Å². The van der Waals surface area contributed by atoms with E-state index in [0.717, 1.165) is 36.6 Å². The van der Waals surface area contributed by atoms with Gasteiger partial charge in [-0.2, -0.15) is 0 Å². The molecule has 22 heavy (non-hydrogen) atoms. The Kier molecular flexibility index (Phi) is 6.35. The van der Waals surface area contributed by atoms with Crippen molar-refractivity contribution in [2.75, 3.05) is 26.8 Å². The van der Waals surface area contributed by atoms with E-state index in [-0.39, 0.29) is 11.8 Å². The molecule has 1 aromatic rings. The number of amides is 1. The highest BCUT2D eigenvalue weighted by Gasteiger charge is 2.30. The number of nitrogens with zero attached hydrogens (tertiary/aromatic N) is 2. The van der Waals surface area contributed by atoms with Gasteiger partial charge in [0.1, 0.15) is 5.01 Å². The quantitative estimate of drug-likeness (QED) is 0.814. The largest absolute Gasteiger partial charge is 0.383 e. The van der Waals surface area contributed by atoms with Crippen LogP contribution in [0.4, 0.5) is 0 Å². The molecular weight excluding hydrogens is 298 g/mol. The van der Waals surface area contributed by atoms with E-state index in [2.05, 4.69) is 36.0 Å². The molecule has 0 bridgehead atoms. The smallest absolute Gasteiger partial charge is 0.224 e. The topological polar surface area (TPSA) is 54.5 Å². The van der Waals surface area contributed by atoms with Crippen molar-refractivity contribution in [1.29, 1.82) is 0 Å². The van der Waals surface area contributed by atoms with Gasteiger partial charge < -0.3 is 10.1 Å². The van der Waals surface area contributed by atoms with Crippen LogP contribution in [0.1, 0.15) is 35.3 Å². The average molecular weight is 325 g/mol. The summed E-state index contributed by atoms with van der Waals surface area (Å²) in [4.78, 5) is 20.5. The number of aromatic nitrogens is 1. The number of carbonyl (C=O) groups is 1. The van der Waals surface area contributed by atoms with E-state index in [1.807, 2.05) is 0 Å². The van der Waals surface area contributed by atoms with Gasteiger partial charge in [0.15, 0.2) is 0 Å². The second kappa shape index (κ2) is 8.04. The first-order valence-electron chi connectivity index (χ1n) is 7.95. The molecule has 1 amide bonds. The van der Waals surface area contributed by atoms with Gasteiger partial charge in [-0.15, -0.1) is 11.3 Å². The Labute approximate surface area is 137 Å². The molecule has 1 N–H and O–H groups in total. The molecule has 1 aliphatic heterocycles. The molecule has 1 saturated heterocycles. The zero-order valence-electron chi connectivity index (χ0n) is 14.0. The fourth-order valence-corrected chi connectivity index (χ4v) is 3.77. The molecule has 5 nitrogen and oxygen atoms in total. The molecule has 2 atom stereocenters. The lowest BCUT2D eigenvalue weighted by Gasteiger charge is -2.36. The first-order valence-corrected chi connectivity index (χ1v) is 8.76. The van der Waals surface area contributed by atoms with E-state index in [4.69, 9.17) is 4.74 Å². The maximum atomic E-state index is 12.2. The van der Waals surface area contributed by atoms with Crippen molar-refractivity contribution in [3.63, 3.8) is 0 Å². The Morgan fingerprint density at radius 2 is 2.23 bits per heavy atom. The molecule has 0 aromatic carbocycles. The van der Waals surface area contributed by atoms with Gasteiger partial charge in [-0.1, -0.05) is 0 Å². The molecule has 1 aromatic heterocycles. The van der Waals surface area contributed by atoms with Crippen molar-refractivity contribution < 1.29 is 9.53 Å². The fraction of sp³-hybridized carbons (Fsp3) is 0.750. The van der Waals surface area contributed by atoms with Crippen LogP contribution in [-0.4, -0.2) is 48.6 Å². The first-order chi connectivity index (χ1) is 10.5. The van der Waals surface area contributed by atoms with Gasteiger partial charge in [0.25, 0.3) is 0 Å². The second-order valence-electron chi connectivity index (χ2n) is 6.09. The minimum Gasteiger partial charge on any atom is -0.383 e. The molecule has 0 unspecified atom stereocenters. The summed E-state index contributed by atoms with van der Waals surface area (Å²) >= 11 is 1.77. The van der Waals surface area contributed by atoms with Crippen LogP contribution < -0.4 is 5.32 Å². The first kappa shape index (κ1) is 17.4. The molecule has 2 heterocycles. The number of nitrogens with one attached hydrogen (secondary N) is 1. The summed E-state index contributed by atoms with van der Waals surface area (Å²) in [5.74, 6) is 0.232. The molecule has 0 radical (unpaired) electrons. The molecule has 0 spiro atoms. The second-order valence-corrected chi connectivity index (χ2v) is 7.37. The number of hydrogen-bond donors (Lipinski definition) is 1. The molecule has 2 rings (SSSR count). The highest BCUT2D eigenvalue weighted by molar-refractivity contribution is 7.11. The minimum absolute atomic E-state index is 0.0789. The van der Waals surface area contributed by atoms with Crippen LogP contribution in [0.3, 0.4) is 0 Å². The van der Waals surface area contributed by atoms with Gasteiger partial charge in [-0.3, -0.25) is 9.69 Å². The van der Waals surface area contributed by atoms with Gasteiger partial charge in [-0.25, -0.2) is 4.98 Å². The predicted molar refractivity (Wildman–Crippen MR) is 89.1 cm³/mol. The van der Waals surface area contributed by atoms with Crippen molar-refractivity contribution >= 4 is 17.2 Å². The standard InChI is InChI=1S/C16H27N3O2S/c1-11-5-6-14(16(20)17-7-8-21-4)9-19(11)10-15-18-12(2)13(3)22-15/h11,14H,5-10H2,1-4H3,(H,17,20)/t11-,14-/m0/s1. The van der Waals surface area contributed by atoms with E-state index < -0.39 is 0 Å². The summed E-state index contributed by atoms with van der Waals surface area (Å²) in [6, 6.07) is 0.507. The monoisotopic (exact) mass is 325 g/mol. The molecule has 0 aliphatic carbocycles. The Hall–Kier alpha value is -0.980. The Balaban J connectivity index is 1.91. The normalized spacial score (nSPS) is 22.7. The highest BCUT2D eigenvalue weighted by Crippen LogP contribution is 2.26. The number of likely N-dealkylation sites (tertiary alicyclic amines) is 1. The van der Waals surface area contributed by atoms with Crippen LogP contribution in [-0.2, 0) is 16.1 Å². The zero-order valence-corrected chi connectivity index (χ0v) is 14.8. The van der Waals surface area contributed by atoms with E-state index in [0.29, 0.717) is 19.2 Å². The predicted octanol–water partition coefficient (Wildman–Crippen LogP) is 2.12. The zero-order chi connectivity index (χ0) is 16.1. The summed E-state index contributed by atoms with van der Waals surface area (Å²) < 4.78 is 4.98. The maximum Gasteiger partial charge on any atom is 0.224 e. The number of carbonyl (C=O) groups excluding carboxylic acids is 1. The molecule has 1 fully saturated rings. The third-order valence-electron chi connectivity index (χ3n) is 4.40. The van der Waals surface area contributed by atoms with E-state index in [1.165, 1.54) is 4.88 Å². The number of aryl methyl sites for hydroxylation is 2. The molecule has 0 saturated carbocycles. The SMILES string of the molecule is COCCNC(=O)[C@H]1CC[C@H](C)N(Cc2nc(C)c(C)s2)C1. The van der Waals surface area contributed by atoms with Crippen molar-refractivity contribution in [2.24, 2.45) is 5.92 Å². The highest BCUT2D eigenvalue weighted by atomic mass is 32.1. The Bertz CT molecular complexity index is 484. The molecule has 124 valence electrons. The van der Waals surface area contributed by atoms with Crippen LogP contribution in [0.15, 0.2) is 0 Å². The minimum atomic E-state index is 0.0789. The van der Waals surface area contributed by atoms with Crippen LogP contribution >= 0.6 is 11.3 Å². The van der Waals surface area contributed by atoms with Gasteiger partial charge >= 0.3 is 0 Å². The lowest BCUT2D eigenvalue weighted by Crippen LogP contribution is -2.46. The maximum absolute atomic E-state index is 12.2. The number of piperidine rings is 1. The third-order valence-corrected chi connectivity index (χ3v) is 5.46. The summed E-state index contributed by atoms with van der Waals surface area (Å²) in [6.07, 6.45) is 2.03. The van der Waals surface area contributed by atoms with Crippen LogP contribution in [0.25, 0.3) is 0 Å². The van der Waals surface area contributed by atoms with Crippen LogP contribution in [0.5, 0.6) is 0 Å². The van der Waals surface area contributed by atoms with Crippen LogP contribution in [0.2, 0.25) is 0 Å². The number of hydrogen-bond acceptors (Lipinski definition) is 5. The van der Waals surface area contributed by atoms with Gasteiger partial charge in [0, 0.05) is 31.1 Å². The average Bonchev–Trinajstić information content (AvgIpc) is 2.80. The van der Waals surface area contributed by atoms with Gasteiger partial charge in [-0.05, 0) is 33.6 Å². The lowest BCUT2D eigenvalue weighted by molar-refractivity contribution is -0.127. The van der Waals surface area contributed by atoms with Crippen molar-refractivity contribution in [1.82, 2.24) is 15.2 Å². The number of thiazole rings is 1. The molecule has 6 heteroatoms. The van der Waals surface area contributed by atoms with E-state index >= 15 is 0 Å². The Morgan fingerprint density at radius 3 is 2.86 bits per heavy atom. The summed E-state index contributed by atoms with van der Waals surface area (Å²) in [5.41, 5.74) is 1.12. The summed E-state index contributed by atoms with van der Waals surface area (Å²) in [7, 11) is 1.65. The molecular formula is C16H27N3O2S. The number of methoxy groups -OCH3 is 1. The van der Waals surface area contributed by atoms with Crippen LogP contribution in [0, 0.1) is 19.8 Å². The van der Waals surface area contributed by atoms with Gasteiger partial charge in [0.2, 0.25) is 5.91 Å². The fourth-order valence-electron chi connectivity index (χ4n) is 2.81. The summed E-state index contributed by atoms with van der Waals surface area (Å²) in [5, 5.41) is 4.12. The van der Waals surface area contributed by atoms with E-state index in [1.54, 1.807) is 18.4 Å².